The van der Waals surface area contributed by atoms with Crippen LogP contribution >= 0.6 is 11.6 Å². The van der Waals surface area contributed by atoms with Crippen LogP contribution in [-0.2, 0) is 10.0 Å². The summed E-state index contributed by atoms with van der Waals surface area (Å²) >= 11 is 5.92. The van der Waals surface area contributed by atoms with Crippen molar-refractivity contribution in [3.8, 4) is 5.75 Å². The number of aliphatic hydroxyl groups excluding tert-OH is 1. The van der Waals surface area contributed by atoms with Gasteiger partial charge in [-0.15, -0.1) is 0 Å². The maximum Gasteiger partial charge on any atom is 0.323 e. The average Bonchev–Trinajstić information content (AvgIpc) is 2.96. The van der Waals surface area contributed by atoms with Crippen LogP contribution in [-0.4, -0.2) is 73.6 Å². The average molecular weight is 619 g/mol. The molecule has 0 fully saturated rings. The highest BCUT2D eigenvalue weighted by molar-refractivity contribution is 7.89. The SMILES string of the molecule is C[C@@H]1CN([C@@H](C)CO)C(=O)c2cc(NC(=O)Nc3ccc(F)cc3)ccc2O[C@@H]1CN(C)S(=O)(=O)c1ccc(Cl)cc1. The molecule has 3 amide bonds. The van der Waals surface area contributed by atoms with Gasteiger partial charge < -0.3 is 25.4 Å². The van der Waals surface area contributed by atoms with Crippen molar-refractivity contribution in [3.63, 3.8) is 0 Å². The largest absolute Gasteiger partial charge is 0.488 e. The third kappa shape index (κ3) is 7.19. The minimum atomic E-state index is -3.87. The van der Waals surface area contributed by atoms with Crippen molar-refractivity contribution in [2.24, 2.45) is 5.92 Å². The summed E-state index contributed by atoms with van der Waals surface area (Å²) in [6, 6.07) is 14.5. The summed E-state index contributed by atoms with van der Waals surface area (Å²) in [4.78, 5) is 27.8. The number of carbonyl (C=O) groups excluding carboxylic acids is 2. The Morgan fingerprint density at radius 1 is 1.12 bits per heavy atom. The van der Waals surface area contributed by atoms with E-state index in [9.17, 15) is 27.5 Å². The molecule has 10 nitrogen and oxygen atoms in total. The first-order chi connectivity index (χ1) is 19.9. The molecular formula is C29H32ClFN4O6S. The highest BCUT2D eigenvalue weighted by Gasteiger charge is 2.35. The van der Waals surface area contributed by atoms with E-state index in [1.165, 1.54) is 76.9 Å². The Balaban J connectivity index is 1.61. The molecule has 0 saturated carbocycles. The molecule has 0 saturated heterocycles. The summed E-state index contributed by atoms with van der Waals surface area (Å²) in [7, 11) is -2.42. The maximum absolute atomic E-state index is 13.7. The molecule has 0 aliphatic carbocycles. The van der Waals surface area contributed by atoms with Crippen LogP contribution in [0.4, 0.5) is 20.6 Å². The van der Waals surface area contributed by atoms with E-state index in [-0.39, 0.29) is 47.5 Å². The first kappa shape index (κ1) is 31.2. The van der Waals surface area contributed by atoms with E-state index in [0.717, 1.165) is 0 Å². The summed E-state index contributed by atoms with van der Waals surface area (Å²) in [5, 5.41) is 15.5. The van der Waals surface area contributed by atoms with E-state index >= 15 is 0 Å². The molecule has 13 heteroatoms. The predicted molar refractivity (Wildman–Crippen MR) is 158 cm³/mol. The lowest BCUT2D eigenvalue weighted by Gasteiger charge is -2.38. The zero-order valence-electron chi connectivity index (χ0n) is 23.3. The molecule has 0 unspecified atom stereocenters. The van der Waals surface area contributed by atoms with E-state index in [1.807, 2.05) is 6.92 Å². The number of nitrogens with one attached hydrogen (secondary N) is 2. The number of hydrogen-bond donors (Lipinski definition) is 3. The van der Waals surface area contributed by atoms with Crippen LogP contribution in [0.3, 0.4) is 0 Å². The highest BCUT2D eigenvalue weighted by atomic mass is 35.5. The molecule has 0 radical (unpaired) electrons. The van der Waals surface area contributed by atoms with Crippen LogP contribution < -0.4 is 15.4 Å². The number of anilines is 2. The fourth-order valence-corrected chi connectivity index (χ4v) is 5.79. The third-order valence-corrected chi connectivity index (χ3v) is 9.07. The number of nitrogens with zero attached hydrogens (tertiary/aromatic N) is 2. The Bertz CT molecular complexity index is 1540. The minimum absolute atomic E-state index is 0.0266. The van der Waals surface area contributed by atoms with Crippen LogP contribution in [0.2, 0.25) is 5.02 Å². The number of carbonyl (C=O) groups is 2. The second-order valence-electron chi connectivity index (χ2n) is 10.2. The normalized spacial score (nSPS) is 18.0. The number of fused-ring (bicyclic) bond motifs is 1. The van der Waals surface area contributed by atoms with Gasteiger partial charge in [0.25, 0.3) is 5.91 Å². The highest BCUT2D eigenvalue weighted by Crippen LogP contribution is 2.31. The summed E-state index contributed by atoms with van der Waals surface area (Å²) in [6.07, 6.45) is -0.669. The molecular weight excluding hydrogens is 587 g/mol. The lowest BCUT2D eigenvalue weighted by Crippen LogP contribution is -2.50. The molecule has 0 bridgehead atoms. The van der Waals surface area contributed by atoms with Crippen molar-refractivity contribution in [1.29, 1.82) is 0 Å². The maximum atomic E-state index is 13.7. The first-order valence-corrected chi connectivity index (χ1v) is 15.0. The van der Waals surface area contributed by atoms with Crippen molar-refractivity contribution < 1.29 is 32.2 Å². The Kier molecular flexibility index (Phi) is 9.72. The summed E-state index contributed by atoms with van der Waals surface area (Å²) in [5.41, 5.74) is 0.793. The number of halogens is 2. The van der Waals surface area contributed by atoms with Gasteiger partial charge in [-0.1, -0.05) is 18.5 Å². The Hall–Kier alpha value is -3.71. The van der Waals surface area contributed by atoms with Gasteiger partial charge in [-0.25, -0.2) is 17.6 Å². The van der Waals surface area contributed by atoms with E-state index in [4.69, 9.17) is 16.3 Å². The lowest BCUT2D eigenvalue weighted by molar-refractivity contribution is 0.0387. The molecule has 3 N–H and O–H groups in total. The summed E-state index contributed by atoms with van der Waals surface area (Å²) in [6.45, 7) is 3.42. The number of sulfonamides is 1. The number of hydrogen-bond acceptors (Lipinski definition) is 6. The minimum Gasteiger partial charge on any atom is -0.488 e. The second kappa shape index (κ2) is 13.1. The fourth-order valence-electron chi connectivity index (χ4n) is 4.48. The molecule has 4 rings (SSSR count). The first-order valence-electron chi connectivity index (χ1n) is 13.2. The predicted octanol–water partition coefficient (Wildman–Crippen LogP) is 4.66. The molecule has 0 aromatic heterocycles. The van der Waals surface area contributed by atoms with Gasteiger partial charge in [-0.3, -0.25) is 4.79 Å². The third-order valence-electron chi connectivity index (χ3n) is 6.98. The van der Waals surface area contributed by atoms with Crippen LogP contribution in [0.5, 0.6) is 5.75 Å². The van der Waals surface area contributed by atoms with Crippen LogP contribution in [0, 0.1) is 11.7 Å². The molecule has 42 heavy (non-hydrogen) atoms. The van der Waals surface area contributed by atoms with E-state index in [2.05, 4.69) is 10.6 Å². The Morgan fingerprint density at radius 3 is 2.38 bits per heavy atom. The van der Waals surface area contributed by atoms with E-state index < -0.39 is 39.9 Å². The number of ether oxygens (including phenoxy) is 1. The number of rotatable bonds is 8. The number of urea groups is 1. The molecule has 3 aromatic carbocycles. The van der Waals surface area contributed by atoms with Crippen LogP contribution in [0.1, 0.15) is 24.2 Å². The molecule has 1 aliphatic rings. The van der Waals surface area contributed by atoms with Crippen molar-refractivity contribution in [3.05, 3.63) is 83.1 Å². The van der Waals surface area contributed by atoms with Crippen LogP contribution in [0.25, 0.3) is 0 Å². The topological polar surface area (TPSA) is 128 Å². The van der Waals surface area contributed by atoms with Gasteiger partial charge in [-0.2, -0.15) is 4.31 Å². The van der Waals surface area contributed by atoms with E-state index in [0.29, 0.717) is 10.7 Å². The molecule has 1 heterocycles. The quantitative estimate of drug-likeness (QED) is 0.337. The zero-order valence-corrected chi connectivity index (χ0v) is 24.8. The van der Waals surface area contributed by atoms with Gasteiger partial charge in [0.2, 0.25) is 10.0 Å². The number of aliphatic hydroxyl groups is 1. The fraction of sp³-hybridized carbons (Fsp3) is 0.310. The summed E-state index contributed by atoms with van der Waals surface area (Å²) < 4.78 is 47.2. The number of likely N-dealkylation sites (N-methyl/N-ethyl adjacent to an activating group) is 1. The summed E-state index contributed by atoms with van der Waals surface area (Å²) in [5.74, 6) is -0.975. The Morgan fingerprint density at radius 2 is 1.74 bits per heavy atom. The zero-order chi connectivity index (χ0) is 30.6. The van der Waals surface area contributed by atoms with Gasteiger partial charge in [-0.05, 0) is 73.7 Å². The Labute approximate surface area is 249 Å². The molecule has 224 valence electrons. The van der Waals surface area contributed by atoms with Crippen LogP contribution in [0.15, 0.2) is 71.6 Å². The van der Waals surface area contributed by atoms with Gasteiger partial charge in [0.05, 0.1) is 29.7 Å². The van der Waals surface area contributed by atoms with Gasteiger partial charge >= 0.3 is 6.03 Å². The van der Waals surface area contributed by atoms with Gasteiger partial charge in [0, 0.05) is 35.9 Å². The number of amides is 3. The second-order valence-corrected chi connectivity index (χ2v) is 12.6. The van der Waals surface area contributed by atoms with Crippen molar-refractivity contribution >= 4 is 44.9 Å². The van der Waals surface area contributed by atoms with Gasteiger partial charge in [0.15, 0.2) is 0 Å². The van der Waals surface area contributed by atoms with Gasteiger partial charge in [0.1, 0.15) is 17.7 Å². The van der Waals surface area contributed by atoms with E-state index in [1.54, 1.807) is 13.0 Å². The van der Waals surface area contributed by atoms with Crippen molar-refractivity contribution in [2.45, 2.75) is 30.9 Å². The molecule has 0 spiro atoms. The lowest BCUT2D eigenvalue weighted by atomic mass is 9.99. The standard InChI is InChI=1S/C29H32ClFN4O6S/c1-18-15-35(19(2)17-36)28(37)25-14-23(33-29(38)32-22-8-6-21(31)7-9-22)10-13-26(25)41-27(18)16-34(3)42(39,40)24-11-4-20(30)5-12-24/h4-14,18-19,27,36H,15-17H2,1-3H3,(H2,32,33,38)/t18-,19+,27-/m1/s1. The smallest absolute Gasteiger partial charge is 0.323 e. The molecule has 1 aliphatic heterocycles. The number of benzene rings is 3. The molecule has 3 atom stereocenters. The molecule has 3 aromatic rings. The monoisotopic (exact) mass is 618 g/mol. The van der Waals surface area contributed by atoms with Crippen molar-refractivity contribution in [2.75, 3.05) is 37.4 Å². The van der Waals surface area contributed by atoms with Crippen molar-refractivity contribution in [1.82, 2.24) is 9.21 Å².